The molecule has 0 spiro atoms. The van der Waals surface area contributed by atoms with Gasteiger partial charge in [-0.1, -0.05) is 6.07 Å². The van der Waals surface area contributed by atoms with E-state index in [2.05, 4.69) is 15.5 Å². The minimum absolute atomic E-state index is 0.0865. The summed E-state index contributed by atoms with van der Waals surface area (Å²) in [5.41, 5.74) is 3.89. The fourth-order valence-corrected chi connectivity index (χ4v) is 3.86. The molecule has 1 unspecified atom stereocenters. The molecule has 2 aromatic carbocycles. The first-order valence-corrected chi connectivity index (χ1v) is 11.5. The number of hydrogen-bond acceptors (Lipinski definition) is 6. The Morgan fingerprint density at radius 3 is 2.69 bits per heavy atom. The minimum Gasteiger partial charge on any atom is -0.492 e. The third-order valence-corrected chi connectivity index (χ3v) is 5.86. The van der Waals surface area contributed by atoms with Crippen molar-refractivity contribution in [1.82, 2.24) is 20.0 Å². The monoisotopic (exact) mass is 477 g/mol. The molecular formula is C26H31N5O4. The van der Waals surface area contributed by atoms with Crippen molar-refractivity contribution < 1.29 is 19.1 Å². The predicted molar refractivity (Wildman–Crippen MR) is 134 cm³/mol. The zero-order chi connectivity index (χ0) is 24.9. The van der Waals surface area contributed by atoms with Crippen molar-refractivity contribution in [2.24, 2.45) is 5.92 Å². The highest BCUT2D eigenvalue weighted by Crippen LogP contribution is 2.33. The molecule has 0 fully saturated rings. The predicted octanol–water partition coefficient (Wildman–Crippen LogP) is 2.91. The van der Waals surface area contributed by atoms with Crippen molar-refractivity contribution in [3.63, 3.8) is 0 Å². The van der Waals surface area contributed by atoms with Gasteiger partial charge >= 0.3 is 0 Å². The van der Waals surface area contributed by atoms with Crippen LogP contribution in [0.5, 0.6) is 11.5 Å². The van der Waals surface area contributed by atoms with E-state index in [0.717, 1.165) is 23.2 Å². The van der Waals surface area contributed by atoms with E-state index in [9.17, 15) is 9.59 Å². The zero-order valence-corrected chi connectivity index (χ0v) is 20.5. The number of nitrogens with zero attached hydrogens (tertiary/aromatic N) is 3. The van der Waals surface area contributed by atoms with Crippen LogP contribution >= 0.6 is 0 Å². The van der Waals surface area contributed by atoms with E-state index in [4.69, 9.17) is 9.47 Å². The summed E-state index contributed by atoms with van der Waals surface area (Å²) in [5.74, 6) is 0.664. The van der Waals surface area contributed by atoms with E-state index < -0.39 is 5.92 Å². The molecule has 0 saturated heterocycles. The van der Waals surface area contributed by atoms with Gasteiger partial charge < -0.3 is 24.6 Å². The van der Waals surface area contributed by atoms with Gasteiger partial charge in [0.25, 0.3) is 5.91 Å². The first-order valence-electron chi connectivity index (χ1n) is 11.5. The number of likely N-dealkylation sites (N-methyl/N-ethyl adjacent to an activating group) is 1. The van der Waals surface area contributed by atoms with Crippen molar-refractivity contribution in [1.29, 1.82) is 0 Å². The lowest BCUT2D eigenvalue weighted by Gasteiger charge is -2.26. The molecule has 35 heavy (non-hydrogen) atoms. The Balaban J connectivity index is 1.51. The van der Waals surface area contributed by atoms with Crippen LogP contribution in [0.1, 0.15) is 15.9 Å². The Hall–Kier alpha value is -3.85. The molecule has 2 heterocycles. The maximum Gasteiger partial charge on any atom is 0.253 e. The van der Waals surface area contributed by atoms with Crippen molar-refractivity contribution >= 4 is 17.5 Å². The Kier molecular flexibility index (Phi) is 7.36. The van der Waals surface area contributed by atoms with Crippen LogP contribution < -0.4 is 14.8 Å². The largest absolute Gasteiger partial charge is 0.492 e. The number of carbonyl (C=O) groups is 2. The van der Waals surface area contributed by atoms with E-state index in [1.165, 1.54) is 4.90 Å². The second-order valence-corrected chi connectivity index (χ2v) is 9.07. The van der Waals surface area contributed by atoms with E-state index in [1.807, 2.05) is 49.5 Å². The van der Waals surface area contributed by atoms with Crippen LogP contribution in [0.15, 0.2) is 48.8 Å². The van der Waals surface area contributed by atoms with Crippen LogP contribution in [-0.2, 0) is 11.2 Å². The summed E-state index contributed by atoms with van der Waals surface area (Å²) in [7, 11) is 7.38. The summed E-state index contributed by atoms with van der Waals surface area (Å²) < 4.78 is 11.9. The van der Waals surface area contributed by atoms with Gasteiger partial charge in [-0.15, -0.1) is 0 Å². The normalized spacial score (nSPS) is 14.7. The van der Waals surface area contributed by atoms with Crippen LogP contribution in [0.2, 0.25) is 0 Å². The average molecular weight is 478 g/mol. The van der Waals surface area contributed by atoms with Gasteiger partial charge in [-0.25, -0.2) is 0 Å². The number of ether oxygens (including phenoxy) is 2. The fourth-order valence-electron chi connectivity index (χ4n) is 3.86. The summed E-state index contributed by atoms with van der Waals surface area (Å²) >= 11 is 0. The number of hydrogen-bond donors (Lipinski definition) is 2. The summed E-state index contributed by atoms with van der Waals surface area (Å²) in [6.07, 6.45) is 4.03. The Labute approximate surface area is 205 Å². The Morgan fingerprint density at radius 1 is 1.14 bits per heavy atom. The number of carbonyl (C=O) groups excluding carboxylic acids is 2. The molecule has 184 valence electrons. The lowest BCUT2D eigenvalue weighted by molar-refractivity contribution is -0.121. The zero-order valence-electron chi connectivity index (χ0n) is 20.5. The average Bonchev–Trinajstić information content (AvgIpc) is 3.38. The number of aromatic nitrogens is 2. The van der Waals surface area contributed by atoms with Crippen LogP contribution in [0.3, 0.4) is 0 Å². The second kappa shape index (κ2) is 10.6. The molecule has 9 heteroatoms. The number of anilines is 1. The SMILES string of the molecule is CN(C)CCOc1cc(-c2cn[nH]c2)ccc1NC(=O)C1COc2ccc(C(=O)N(C)C)cc2C1. The second-order valence-electron chi connectivity index (χ2n) is 9.07. The van der Waals surface area contributed by atoms with E-state index in [1.54, 1.807) is 32.4 Å². The molecule has 9 nitrogen and oxygen atoms in total. The molecule has 2 N–H and O–H groups in total. The molecule has 4 rings (SSSR count). The van der Waals surface area contributed by atoms with E-state index in [0.29, 0.717) is 35.8 Å². The summed E-state index contributed by atoms with van der Waals surface area (Å²) in [6.45, 7) is 1.49. The van der Waals surface area contributed by atoms with Crippen LogP contribution in [-0.4, -0.2) is 79.8 Å². The van der Waals surface area contributed by atoms with Gasteiger partial charge in [-0.05, 0) is 62.0 Å². The lowest BCUT2D eigenvalue weighted by Crippen LogP contribution is -2.33. The first kappa shape index (κ1) is 24.3. The fraction of sp³-hybridized carbons (Fsp3) is 0.346. The standard InChI is InChI=1S/C26H31N5O4/c1-30(2)9-10-34-24-13-17(21-14-27-28-15-21)5-7-22(24)29-25(32)20-12-19-11-18(26(33)31(3)4)6-8-23(19)35-16-20/h5-8,11,13-15,20H,9-10,12,16H2,1-4H3,(H,27,28)(H,29,32). The third kappa shape index (κ3) is 5.81. The highest BCUT2D eigenvalue weighted by Gasteiger charge is 2.27. The smallest absolute Gasteiger partial charge is 0.253 e. The number of amides is 2. The summed E-state index contributed by atoms with van der Waals surface area (Å²) in [5, 5.41) is 9.85. The van der Waals surface area contributed by atoms with E-state index >= 15 is 0 Å². The molecule has 1 atom stereocenters. The molecule has 1 aromatic heterocycles. The maximum absolute atomic E-state index is 13.2. The number of benzene rings is 2. The topological polar surface area (TPSA) is 99.8 Å². The molecule has 3 aromatic rings. The summed E-state index contributed by atoms with van der Waals surface area (Å²) in [6, 6.07) is 11.0. The molecule has 2 amide bonds. The van der Waals surface area contributed by atoms with Gasteiger partial charge in [0, 0.05) is 38.0 Å². The Bertz CT molecular complexity index is 1190. The number of nitrogens with one attached hydrogen (secondary N) is 2. The number of aromatic amines is 1. The lowest BCUT2D eigenvalue weighted by atomic mass is 9.94. The highest BCUT2D eigenvalue weighted by atomic mass is 16.5. The van der Waals surface area contributed by atoms with Crippen LogP contribution in [0.25, 0.3) is 11.1 Å². The first-order chi connectivity index (χ1) is 16.8. The quantitative estimate of drug-likeness (QED) is 0.518. The summed E-state index contributed by atoms with van der Waals surface area (Å²) in [4.78, 5) is 29.1. The number of H-pyrrole nitrogens is 1. The van der Waals surface area contributed by atoms with Gasteiger partial charge in [0.2, 0.25) is 5.91 Å². The van der Waals surface area contributed by atoms with Crippen molar-refractivity contribution in [3.05, 3.63) is 59.9 Å². The highest BCUT2D eigenvalue weighted by molar-refractivity contribution is 5.96. The molecule has 1 aliphatic rings. The number of fused-ring (bicyclic) bond motifs is 1. The van der Waals surface area contributed by atoms with Gasteiger partial charge in [0.05, 0.1) is 17.8 Å². The van der Waals surface area contributed by atoms with Crippen molar-refractivity contribution in [3.8, 4) is 22.6 Å². The number of rotatable bonds is 8. The Morgan fingerprint density at radius 2 is 1.97 bits per heavy atom. The molecule has 1 aliphatic heterocycles. The van der Waals surface area contributed by atoms with Crippen LogP contribution in [0.4, 0.5) is 5.69 Å². The van der Waals surface area contributed by atoms with Gasteiger partial charge in [0.15, 0.2) is 0 Å². The third-order valence-electron chi connectivity index (χ3n) is 5.86. The van der Waals surface area contributed by atoms with Gasteiger partial charge in [-0.2, -0.15) is 5.10 Å². The van der Waals surface area contributed by atoms with Gasteiger partial charge in [-0.3, -0.25) is 14.7 Å². The van der Waals surface area contributed by atoms with Crippen molar-refractivity contribution in [2.75, 3.05) is 53.3 Å². The molecule has 0 saturated carbocycles. The maximum atomic E-state index is 13.2. The van der Waals surface area contributed by atoms with Crippen LogP contribution in [0, 0.1) is 5.92 Å². The molecule has 0 radical (unpaired) electrons. The van der Waals surface area contributed by atoms with Gasteiger partial charge in [0.1, 0.15) is 24.7 Å². The molecule has 0 bridgehead atoms. The van der Waals surface area contributed by atoms with E-state index in [-0.39, 0.29) is 18.4 Å². The minimum atomic E-state index is -0.393. The molecule has 0 aliphatic carbocycles. The molecular weight excluding hydrogens is 446 g/mol. The van der Waals surface area contributed by atoms with Crippen molar-refractivity contribution in [2.45, 2.75) is 6.42 Å².